The molecule has 0 aliphatic rings. The van der Waals surface area contributed by atoms with E-state index in [1.54, 1.807) is 19.3 Å². The normalized spacial score (nSPS) is 12.1. The van der Waals surface area contributed by atoms with Crippen molar-refractivity contribution in [3.8, 4) is 0 Å². The van der Waals surface area contributed by atoms with Crippen molar-refractivity contribution in [1.82, 2.24) is 15.1 Å². The van der Waals surface area contributed by atoms with E-state index in [0.29, 0.717) is 5.69 Å². The second-order valence-corrected chi connectivity index (χ2v) is 3.96. The predicted octanol–water partition coefficient (Wildman–Crippen LogP) is 0.884. The third-order valence-corrected chi connectivity index (χ3v) is 2.74. The largest absolute Gasteiger partial charge is 0.394 e. The molecule has 5 heteroatoms. The van der Waals surface area contributed by atoms with Crippen LogP contribution in [0.15, 0.2) is 42.6 Å². The van der Waals surface area contributed by atoms with Crippen LogP contribution in [0.25, 0.3) is 0 Å². The summed E-state index contributed by atoms with van der Waals surface area (Å²) in [7, 11) is 1.70. The molecule has 0 saturated heterocycles. The fourth-order valence-electron chi connectivity index (χ4n) is 1.75. The second-order valence-electron chi connectivity index (χ2n) is 3.96. The fourth-order valence-corrected chi connectivity index (χ4v) is 1.75. The molecule has 1 aromatic heterocycles. The molecule has 0 bridgehead atoms. The summed E-state index contributed by atoms with van der Waals surface area (Å²) in [4.78, 5) is 12.0. The van der Waals surface area contributed by atoms with Gasteiger partial charge < -0.3 is 10.4 Å². The number of aliphatic hydroxyl groups is 1. The smallest absolute Gasteiger partial charge is 0.270 e. The Morgan fingerprint density at radius 3 is 2.67 bits per heavy atom. The molecule has 2 rings (SSSR count). The van der Waals surface area contributed by atoms with Crippen molar-refractivity contribution in [3.05, 3.63) is 53.9 Å². The van der Waals surface area contributed by atoms with Gasteiger partial charge in [-0.1, -0.05) is 30.3 Å². The van der Waals surface area contributed by atoms with Crippen molar-refractivity contribution in [3.63, 3.8) is 0 Å². The zero-order valence-corrected chi connectivity index (χ0v) is 10.1. The molecule has 1 aromatic carbocycles. The van der Waals surface area contributed by atoms with Gasteiger partial charge in [0.15, 0.2) is 0 Å². The number of carbonyl (C=O) groups is 1. The van der Waals surface area contributed by atoms with Crippen molar-refractivity contribution in [2.45, 2.75) is 6.04 Å². The van der Waals surface area contributed by atoms with Gasteiger partial charge in [0.05, 0.1) is 12.6 Å². The molecule has 0 aliphatic heterocycles. The maximum atomic E-state index is 12.0. The summed E-state index contributed by atoms with van der Waals surface area (Å²) in [6.07, 6.45) is 1.56. The number of hydrogen-bond donors (Lipinski definition) is 2. The molecular formula is C13H15N3O2. The van der Waals surface area contributed by atoms with Crippen molar-refractivity contribution in [2.75, 3.05) is 6.61 Å². The molecule has 1 amide bonds. The molecular weight excluding hydrogens is 230 g/mol. The molecule has 5 nitrogen and oxygen atoms in total. The van der Waals surface area contributed by atoms with Crippen molar-refractivity contribution < 1.29 is 9.90 Å². The number of amides is 1. The second kappa shape index (κ2) is 5.46. The van der Waals surface area contributed by atoms with Gasteiger partial charge in [0, 0.05) is 13.2 Å². The van der Waals surface area contributed by atoms with Crippen molar-refractivity contribution in [1.29, 1.82) is 0 Å². The van der Waals surface area contributed by atoms with Crippen LogP contribution >= 0.6 is 0 Å². The highest BCUT2D eigenvalue weighted by Crippen LogP contribution is 2.12. The SMILES string of the molecule is Cn1nccc1C(=O)N[C@H](CO)c1ccccc1. The molecule has 2 N–H and O–H groups in total. The molecule has 0 spiro atoms. The van der Waals surface area contributed by atoms with Crippen molar-refractivity contribution >= 4 is 5.91 Å². The van der Waals surface area contributed by atoms with Crippen molar-refractivity contribution in [2.24, 2.45) is 7.05 Å². The Hall–Kier alpha value is -2.14. The fraction of sp³-hybridized carbons (Fsp3) is 0.231. The molecule has 1 heterocycles. The van der Waals surface area contributed by atoms with E-state index in [1.165, 1.54) is 4.68 Å². The molecule has 0 saturated carbocycles. The van der Waals surface area contributed by atoms with E-state index in [9.17, 15) is 9.90 Å². The first-order valence-electron chi connectivity index (χ1n) is 5.67. The van der Waals surface area contributed by atoms with Crippen LogP contribution in [0.1, 0.15) is 22.1 Å². The number of carbonyl (C=O) groups excluding carboxylic acids is 1. The van der Waals surface area contributed by atoms with Gasteiger partial charge in [-0.05, 0) is 11.6 Å². The number of aliphatic hydroxyl groups excluding tert-OH is 1. The lowest BCUT2D eigenvalue weighted by molar-refractivity contribution is 0.0906. The van der Waals surface area contributed by atoms with Gasteiger partial charge in [-0.15, -0.1) is 0 Å². The summed E-state index contributed by atoms with van der Waals surface area (Å²) < 4.78 is 1.49. The molecule has 0 aliphatic carbocycles. The maximum absolute atomic E-state index is 12.0. The lowest BCUT2D eigenvalue weighted by Gasteiger charge is -2.16. The van der Waals surface area contributed by atoms with Gasteiger partial charge in [-0.3, -0.25) is 9.48 Å². The van der Waals surface area contributed by atoms with E-state index in [-0.39, 0.29) is 12.5 Å². The topological polar surface area (TPSA) is 67.2 Å². The lowest BCUT2D eigenvalue weighted by atomic mass is 10.1. The first-order valence-corrected chi connectivity index (χ1v) is 5.67. The summed E-state index contributed by atoms with van der Waals surface area (Å²) in [5.74, 6) is -0.252. The highest BCUT2D eigenvalue weighted by atomic mass is 16.3. The van der Waals surface area contributed by atoms with Gasteiger partial charge in [-0.2, -0.15) is 5.10 Å². The minimum absolute atomic E-state index is 0.145. The lowest BCUT2D eigenvalue weighted by Crippen LogP contribution is -2.32. The van der Waals surface area contributed by atoms with Crippen LogP contribution in [-0.4, -0.2) is 27.4 Å². The highest BCUT2D eigenvalue weighted by Gasteiger charge is 2.16. The number of nitrogens with one attached hydrogen (secondary N) is 1. The molecule has 0 radical (unpaired) electrons. The Balaban J connectivity index is 2.13. The van der Waals surface area contributed by atoms with E-state index in [0.717, 1.165) is 5.56 Å². The van der Waals surface area contributed by atoms with Gasteiger partial charge in [0.25, 0.3) is 5.91 Å². The number of hydrogen-bond acceptors (Lipinski definition) is 3. The Kier molecular flexibility index (Phi) is 3.74. The molecule has 18 heavy (non-hydrogen) atoms. The molecule has 94 valence electrons. The van der Waals surface area contributed by atoms with E-state index >= 15 is 0 Å². The molecule has 2 aromatic rings. The first kappa shape index (κ1) is 12.3. The predicted molar refractivity (Wildman–Crippen MR) is 66.9 cm³/mol. The van der Waals surface area contributed by atoms with E-state index < -0.39 is 6.04 Å². The Labute approximate surface area is 105 Å². The van der Waals surface area contributed by atoms with E-state index in [2.05, 4.69) is 10.4 Å². The van der Waals surface area contributed by atoms with Gasteiger partial charge in [0.2, 0.25) is 0 Å². The van der Waals surface area contributed by atoms with E-state index in [4.69, 9.17) is 0 Å². The number of aromatic nitrogens is 2. The summed E-state index contributed by atoms with van der Waals surface area (Å²) >= 11 is 0. The van der Waals surface area contributed by atoms with Crippen LogP contribution in [0, 0.1) is 0 Å². The Morgan fingerprint density at radius 2 is 2.11 bits per heavy atom. The average molecular weight is 245 g/mol. The minimum atomic E-state index is -0.409. The van der Waals surface area contributed by atoms with Crippen LogP contribution in [0.4, 0.5) is 0 Å². The van der Waals surface area contributed by atoms with Gasteiger partial charge >= 0.3 is 0 Å². The quantitative estimate of drug-likeness (QED) is 0.840. The summed E-state index contributed by atoms with van der Waals surface area (Å²) in [5.41, 5.74) is 1.33. The van der Waals surface area contributed by atoms with E-state index in [1.807, 2.05) is 30.3 Å². The van der Waals surface area contributed by atoms with Crippen LogP contribution in [0.5, 0.6) is 0 Å². The number of nitrogens with zero attached hydrogens (tertiary/aromatic N) is 2. The molecule has 1 atom stereocenters. The van der Waals surface area contributed by atoms with Crippen LogP contribution in [0.3, 0.4) is 0 Å². The zero-order valence-electron chi connectivity index (χ0n) is 10.1. The maximum Gasteiger partial charge on any atom is 0.270 e. The molecule has 0 unspecified atom stereocenters. The van der Waals surface area contributed by atoms with Crippen LogP contribution in [-0.2, 0) is 7.05 Å². The summed E-state index contributed by atoms with van der Waals surface area (Å²) in [6, 6.07) is 10.6. The number of rotatable bonds is 4. The van der Waals surface area contributed by atoms with Gasteiger partial charge in [0.1, 0.15) is 5.69 Å². The number of aryl methyl sites for hydroxylation is 1. The highest BCUT2D eigenvalue weighted by molar-refractivity contribution is 5.92. The summed E-state index contributed by atoms with van der Waals surface area (Å²) in [5, 5.41) is 16.1. The van der Waals surface area contributed by atoms with Gasteiger partial charge in [-0.25, -0.2) is 0 Å². The number of benzene rings is 1. The Bertz CT molecular complexity index is 522. The Morgan fingerprint density at radius 1 is 1.39 bits per heavy atom. The minimum Gasteiger partial charge on any atom is -0.394 e. The van der Waals surface area contributed by atoms with Crippen LogP contribution < -0.4 is 5.32 Å². The standard InChI is InChI=1S/C13H15N3O2/c1-16-12(7-8-14-16)13(18)15-11(9-17)10-5-3-2-4-6-10/h2-8,11,17H,9H2,1H3,(H,15,18)/t11-/m1/s1. The third-order valence-electron chi connectivity index (χ3n) is 2.74. The first-order chi connectivity index (χ1) is 8.72. The average Bonchev–Trinajstić information content (AvgIpc) is 2.83. The molecule has 0 fully saturated rings. The van der Waals surface area contributed by atoms with Crippen LogP contribution in [0.2, 0.25) is 0 Å². The zero-order chi connectivity index (χ0) is 13.0. The third kappa shape index (κ3) is 2.57. The summed E-state index contributed by atoms with van der Waals surface area (Å²) in [6.45, 7) is -0.145. The monoisotopic (exact) mass is 245 g/mol.